The van der Waals surface area contributed by atoms with E-state index in [4.69, 9.17) is 0 Å². The van der Waals surface area contributed by atoms with Gasteiger partial charge in [-0.25, -0.2) is 0 Å². The fourth-order valence-corrected chi connectivity index (χ4v) is 3.09. The van der Waals surface area contributed by atoms with Gasteiger partial charge in [0.05, 0.1) is 0 Å². The highest BCUT2D eigenvalue weighted by molar-refractivity contribution is 9.10. The third kappa shape index (κ3) is 4.64. The van der Waals surface area contributed by atoms with Gasteiger partial charge >= 0.3 is 0 Å². The summed E-state index contributed by atoms with van der Waals surface area (Å²) in [6.07, 6.45) is 4.08. The van der Waals surface area contributed by atoms with Crippen LogP contribution in [0.2, 0.25) is 0 Å². The molecule has 1 unspecified atom stereocenters. The number of aryl methyl sites for hydroxylation is 1. The van der Waals surface area contributed by atoms with Gasteiger partial charge < -0.3 is 0 Å². The van der Waals surface area contributed by atoms with Gasteiger partial charge in [-0.05, 0) is 46.8 Å². The van der Waals surface area contributed by atoms with Gasteiger partial charge in [0.15, 0.2) is 0 Å². The van der Waals surface area contributed by atoms with Gasteiger partial charge in [0.25, 0.3) is 0 Å². The van der Waals surface area contributed by atoms with Crippen molar-refractivity contribution in [2.24, 2.45) is 5.92 Å². The van der Waals surface area contributed by atoms with Crippen LogP contribution >= 0.6 is 31.9 Å². The van der Waals surface area contributed by atoms with Crippen molar-refractivity contribution in [3.05, 3.63) is 28.0 Å². The molecule has 1 aromatic rings. The van der Waals surface area contributed by atoms with Gasteiger partial charge in [-0.15, -0.1) is 0 Å². The molecule has 1 nitrogen and oxygen atoms in total. The minimum absolute atomic E-state index is 0.532. The van der Waals surface area contributed by atoms with Crippen molar-refractivity contribution < 1.29 is 0 Å². The number of hydrogen-bond donors (Lipinski definition) is 0. The molecule has 0 fully saturated rings. The molecule has 0 spiro atoms. The number of hydrogen-bond acceptors (Lipinski definition) is 1. The molecule has 1 rings (SSSR count). The van der Waals surface area contributed by atoms with Crippen LogP contribution in [0.25, 0.3) is 0 Å². The molecule has 3 heteroatoms. The fraction of sp³-hybridized carbons (Fsp3) is 0.583. The standard InChI is InChI=1S/C12H17Br2N/c1-8(2)4-10(13)6-12-9(3)5-11(14)7-15-12/h5,7-8,10H,4,6H2,1-3H3. The Morgan fingerprint density at radius 2 is 2.07 bits per heavy atom. The lowest BCUT2D eigenvalue weighted by Gasteiger charge is -2.13. The Morgan fingerprint density at radius 3 is 2.60 bits per heavy atom. The van der Waals surface area contributed by atoms with Crippen LogP contribution in [0.15, 0.2) is 16.7 Å². The Bertz CT molecular complexity index is 323. The normalized spacial score (nSPS) is 13.2. The lowest BCUT2D eigenvalue weighted by atomic mass is 10.0. The van der Waals surface area contributed by atoms with E-state index >= 15 is 0 Å². The molecular weight excluding hydrogens is 318 g/mol. The molecule has 0 amide bonds. The lowest BCUT2D eigenvalue weighted by Crippen LogP contribution is -2.09. The third-order valence-corrected chi connectivity index (χ3v) is 3.43. The maximum atomic E-state index is 4.45. The fourth-order valence-electron chi connectivity index (χ4n) is 1.59. The predicted octanol–water partition coefficient (Wildman–Crippen LogP) is 4.50. The van der Waals surface area contributed by atoms with E-state index in [1.807, 2.05) is 6.20 Å². The summed E-state index contributed by atoms with van der Waals surface area (Å²) in [7, 11) is 0. The van der Waals surface area contributed by atoms with Crippen LogP contribution in [-0.2, 0) is 6.42 Å². The van der Waals surface area contributed by atoms with Crippen LogP contribution in [-0.4, -0.2) is 9.81 Å². The van der Waals surface area contributed by atoms with Crippen LogP contribution in [0, 0.1) is 12.8 Å². The van der Waals surface area contributed by atoms with Gasteiger partial charge in [-0.3, -0.25) is 4.98 Å². The van der Waals surface area contributed by atoms with Crippen LogP contribution in [0.1, 0.15) is 31.5 Å². The maximum Gasteiger partial charge on any atom is 0.0444 e. The van der Waals surface area contributed by atoms with E-state index < -0.39 is 0 Å². The minimum atomic E-state index is 0.532. The number of halogens is 2. The molecule has 0 radical (unpaired) electrons. The molecular formula is C12H17Br2N. The summed E-state index contributed by atoms with van der Waals surface area (Å²) in [5.74, 6) is 0.727. The Hall–Kier alpha value is 0.110. The Morgan fingerprint density at radius 1 is 1.40 bits per heavy atom. The van der Waals surface area contributed by atoms with Crippen molar-refractivity contribution in [3.63, 3.8) is 0 Å². The first-order valence-electron chi connectivity index (χ1n) is 5.24. The topological polar surface area (TPSA) is 12.9 Å². The van der Waals surface area contributed by atoms with Crippen molar-refractivity contribution in [1.82, 2.24) is 4.98 Å². The van der Waals surface area contributed by atoms with Crippen LogP contribution in [0.3, 0.4) is 0 Å². The second-order valence-corrected chi connectivity index (χ2v) is 6.56. The molecule has 0 aliphatic heterocycles. The van der Waals surface area contributed by atoms with E-state index in [1.165, 1.54) is 17.7 Å². The van der Waals surface area contributed by atoms with E-state index in [9.17, 15) is 0 Å². The number of pyridine rings is 1. The zero-order chi connectivity index (χ0) is 11.4. The van der Waals surface area contributed by atoms with E-state index in [-0.39, 0.29) is 0 Å². The summed E-state index contributed by atoms with van der Waals surface area (Å²) in [5.41, 5.74) is 2.46. The summed E-state index contributed by atoms with van der Waals surface area (Å²) in [6, 6.07) is 2.12. The highest BCUT2D eigenvalue weighted by Gasteiger charge is 2.10. The van der Waals surface area contributed by atoms with Gasteiger partial charge in [0.1, 0.15) is 0 Å². The molecule has 0 aromatic carbocycles. The smallest absolute Gasteiger partial charge is 0.0444 e. The van der Waals surface area contributed by atoms with Crippen LogP contribution in [0.5, 0.6) is 0 Å². The zero-order valence-electron chi connectivity index (χ0n) is 9.43. The Kier molecular flexibility index (Phi) is 5.27. The Labute approximate surface area is 109 Å². The first kappa shape index (κ1) is 13.2. The summed E-state index contributed by atoms with van der Waals surface area (Å²) in [4.78, 5) is 4.98. The van der Waals surface area contributed by atoms with Gasteiger partial charge in [0, 0.05) is 27.6 Å². The number of rotatable bonds is 4. The Balaban J connectivity index is 2.64. The number of nitrogens with zero attached hydrogens (tertiary/aromatic N) is 1. The highest BCUT2D eigenvalue weighted by atomic mass is 79.9. The quantitative estimate of drug-likeness (QED) is 0.738. The molecule has 84 valence electrons. The average molecular weight is 335 g/mol. The predicted molar refractivity (Wildman–Crippen MR) is 72.5 cm³/mol. The SMILES string of the molecule is Cc1cc(Br)cnc1CC(Br)CC(C)C. The van der Waals surface area contributed by atoms with Crippen molar-refractivity contribution >= 4 is 31.9 Å². The summed E-state index contributed by atoms with van der Waals surface area (Å²) in [6.45, 7) is 6.61. The molecule has 1 aromatic heterocycles. The van der Waals surface area contributed by atoms with E-state index in [2.05, 4.69) is 63.7 Å². The maximum absolute atomic E-state index is 4.45. The second-order valence-electron chi connectivity index (χ2n) is 4.35. The molecule has 0 saturated carbocycles. The van der Waals surface area contributed by atoms with Crippen molar-refractivity contribution in [3.8, 4) is 0 Å². The molecule has 15 heavy (non-hydrogen) atoms. The van der Waals surface area contributed by atoms with Gasteiger partial charge in [0.2, 0.25) is 0 Å². The van der Waals surface area contributed by atoms with Gasteiger partial charge in [-0.1, -0.05) is 29.8 Å². The van der Waals surface area contributed by atoms with Crippen LogP contribution in [0.4, 0.5) is 0 Å². The molecule has 0 saturated heterocycles. The zero-order valence-corrected chi connectivity index (χ0v) is 12.6. The average Bonchev–Trinajstić information content (AvgIpc) is 2.08. The largest absolute Gasteiger partial charge is 0.260 e. The van der Waals surface area contributed by atoms with E-state index in [0.717, 1.165) is 16.8 Å². The number of aromatic nitrogens is 1. The van der Waals surface area contributed by atoms with E-state index in [1.54, 1.807) is 0 Å². The first-order valence-corrected chi connectivity index (χ1v) is 6.95. The molecule has 0 bridgehead atoms. The van der Waals surface area contributed by atoms with Crippen molar-refractivity contribution in [2.75, 3.05) is 0 Å². The first-order chi connectivity index (χ1) is 6.99. The molecule has 0 aliphatic rings. The van der Waals surface area contributed by atoms with Gasteiger partial charge in [-0.2, -0.15) is 0 Å². The third-order valence-electron chi connectivity index (χ3n) is 2.30. The summed E-state index contributed by atoms with van der Waals surface area (Å²) >= 11 is 7.14. The second kappa shape index (κ2) is 6.00. The highest BCUT2D eigenvalue weighted by Crippen LogP contribution is 2.20. The van der Waals surface area contributed by atoms with E-state index in [0.29, 0.717) is 4.83 Å². The summed E-state index contributed by atoms with van der Waals surface area (Å²) < 4.78 is 1.05. The monoisotopic (exact) mass is 333 g/mol. The minimum Gasteiger partial charge on any atom is -0.260 e. The van der Waals surface area contributed by atoms with Crippen molar-refractivity contribution in [2.45, 2.75) is 38.4 Å². The summed E-state index contributed by atoms with van der Waals surface area (Å²) in [5, 5.41) is 0. The molecule has 1 atom stereocenters. The molecule has 0 aliphatic carbocycles. The van der Waals surface area contributed by atoms with Crippen LogP contribution < -0.4 is 0 Å². The molecule has 1 heterocycles. The van der Waals surface area contributed by atoms with Crippen molar-refractivity contribution in [1.29, 1.82) is 0 Å². The molecule has 0 N–H and O–H groups in total. The lowest BCUT2D eigenvalue weighted by molar-refractivity contribution is 0.568. The number of alkyl halides is 1.